The fraction of sp³-hybridized carbons (Fsp3) is 0.350. The lowest BCUT2D eigenvalue weighted by atomic mass is 9.98. The average Bonchev–Trinajstić information content (AvgIpc) is 2.57. The lowest BCUT2D eigenvalue weighted by Gasteiger charge is -2.13. The number of para-hydroxylation sites is 1. The number of ether oxygens (including phenoxy) is 2. The maximum absolute atomic E-state index is 12.2. The zero-order valence-electron chi connectivity index (χ0n) is 16.0. The smallest absolute Gasteiger partial charge is 0.340 e. The zero-order valence-corrected chi connectivity index (χ0v) is 16.8. The van der Waals surface area contributed by atoms with Gasteiger partial charge in [0.05, 0.1) is 17.5 Å². The van der Waals surface area contributed by atoms with Gasteiger partial charge in [0.25, 0.3) is 0 Å². The Morgan fingerprint density at radius 1 is 1.11 bits per heavy atom. The fourth-order valence-corrected chi connectivity index (χ4v) is 3.28. The van der Waals surface area contributed by atoms with Gasteiger partial charge in [-0.15, -0.1) is 0 Å². The first-order chi connectivity index (χ1) is 12.7. The predicted molar refractivity (Wildman–Crippen MR) is 106 cm³/mol. The number of rotatable bonds is 8. The molecule has 0 unspecified atom stereocenters. The number of aryl methyl sites for hydroxylation is 1. The number of anilines is 1. The molecule has 0 radical (unpaired) electrons. The predicted octanol–water partition coefficient (Wildman–Crippen LogP) is 3.73. The lowest BCUT2D eigenvalue weighted by molar-refractivity contribution is 0.0451. The first kappa shape index (κ1) is 20.8. The summed E-state index contributed by atoms with van der Waals surface area (Å²) in [5, 5.41) is 0. The normalized spacial score (nSPS) is 11.3. The number of hydrogen-bond acceptors (Lipinski definition) is 5. The van der Waals surface area contributed by atoms with Crippen LogP contribution in [0.1, 0.15) is 41.3 Å². The molecular formula is C20H25NO5S. The van der Waals surface area contributed by atoms with Crippen LogP contribution in [0, 0.1) is 6.92 Å². The molecule has 0 aliphatic carbocycles. The van der Waals surface area contributed by atoms with Gasteiger partial charge in [-0.2, -0.15) is 0 Å². The molecule has 6 nitrogen and oxygen atoms in total. The van der Waals surface area contributed by atoms with Crippen molar-refractivity contribution in [1.29, 1.82) is 0 Å². The van der Waals surface area contributed by atoms with E-state index in [0.717, 1.165) is 11.8 Å². The number of carbonyl (C=O) groups is 1. The number of benzene rings is 2. The van der Waals surface area contributed by atoms with E-state index in [0.29, 0.717) is 11.7 Å². The van der Waals surface area contributed by atoms with E-state index >= 15 is 0 Å². The van der Waals surface area contributed by atoms with Crippen LogP contribution in [0.3, 0.4) is 0 Å². The Balaban J connectivity index is 1.91. The van der Waals surface area contributed by atoms with E-state index in [-0.39, 0.29) is 24.5 Å². The Labute approximate surface area is 160 Å². The van der Waals surface area contributed by atoms with E-state index in [4.69, 9.17) is 9.47 Å². The molecule has 27 heavy (non-hydrogen) atoms. The highest BCUT2D eigenvalue weighted by atomic mass is 32.2. The van der Waals surface area contributed by atoms with E-state index in [1.807, 2.05) is 25.1 Å². The van der Waals surface area contributed by atoms with Crippen molar-refractivity contribution in [1.82, 2.24) is 0 Å². The van der Waals surface area contributed by atoms with Crippen LogP contribution in [-0.2, 0) is 14.8 Å². The molecule has 0 heterocycles. The topological polar surface area (TPSA) is 81.7 Å². The van der Waals surface area contributed by atoms with E-state index in [2.05, 4.69) is 18.6 Å². The molecule has 0 bridgehead atoms. The van der Waals surface area contributed by atoms with Crippen LogP contribution < -0.4 is 9.46 Å². The molecule has 0 aromatic heterocycles. The number of esters is 1. The molecule has 146 valence electrons. The molecule has 0 amide bonds. The van der Waals surface area contributed by atoms with Crippen LogP contribution in [0.2, 0.25) is 0 Å². The van der Waals surface area contributed by atoms with Gasteiger partial charge in [0.1, 0.15) is 19.0 Å². The molecule has 2 rings (SSSR count). The average molecular weight is 391 g/mol. The van der Waals surface area contributed by atoms with Crippen molar-refractivity contribution in [3.05, 3.63) is 59.2 Å². The first-order valence-corrected chi connectivity index (χ1v) is 10.5. The molecule has 7 heteroatoms. The molecule has 0 spiro atoms. The Hall–Kier alpha value is -2.54. The summed E-state index contributed by atoms with van der Waals surface area (Å²) in [6, 6.07) is 12.2. The third kappa shape index (κ3) is 6.29. The van der Waals surface area contributed by atoms with Crippen LogP contribution in [-0.4, -0.2) is 33.9 Å². The maximum atomic E-state index is 12.2. The summed E-state index contributed by atoms with van der Waals surface area (Å²) < 4.78 is 35.9. The highest BCUT2D eigenvalue weighted by Crippen LogP contribution is 2.23. The molecule has 0 saturated carbocycles. The molecule has 1 N–H and O–H groups in total. The van der Waals surface area contributed by atoms with Gasteiger partial charge in [-0.3, -0.25) is 4.72 Å². The van der Waals surface area contributed by atoms with Gasteiger partial charge >= 0.3 is 5.97 Å². The Bertz CT molecular complexity index is 906. The standard InChI is InChI=1S/C20H25NO5S/c1-14(2)17-10-9-16(13-15(17)3)25-11-12-26-20(22)18-7-5-6-8-19(18)21-27(4,23)24/h5-10,13-14,21H,11-12H2,1-4H3. The summed E-state index contributed by atoms with van der Waals surface area (Å²) in [6.07, 6.45) is 1.02. The van der Waals surface area contributed by atoms with Gasteiger partial charge in [0, 0.05) is 0 Å². The third-order valence-electron chi connectivity index (χ3n) is 3.89. The highest BCUT2D eigenvalue weighted by Gasteiger charge is 2.15. The summed E-state index contributed by atoms with van der Waals surface area (Å²) >= 11 is 0. The van der Waals surface area contributed by atoms with Gasteiger partial charge in [-0.1, -0.05) is 32.0 Å². The molecule has 2 aromatic rings. The number of nitrogens with one attached hydrogen (secondary N) is 1. The largest absolute Gasteiger partial charge is 0.490 e. The van der Waals surface area contributed by atoms with Gasteiger partial charge in [-0.05, 0) is 48.2 Å². The summed E-state index contributed by atoms with van der Waals surface area (Å²) in [4.78, 5) is 12.2. The minimum atomic E-state index is -3.49. The van der Waals surface area contributed by atoms with E-state index < -0.39 is 16.0 Å². The van der Waals surface area contributed by atoms with E-state index in [1.165, 1.54) is 17.7 Å². The maximum Gasteiger partial charge on any atom is 0.340 e. The minimum absolute atomic E-state index is 0.0526. The SMILES string of the molecule is Cc1cc(OCCOC(=O)c2ccccc2NS(C)(=O)=O)ccc1C(C)C. The van der Waals surface area contributed by atoms with Gasteiger partial charge in [-0.25, -0.2) is 13.2 Å². The molecule has 0 aliphatic heterocycles. The summed E-state index contributed by atoms with van der Waals surface area (Å²) in [5.74, 6) is 0.546. The summed E-state index contributed by atoms with van der Waals surface area (Å²) in [6.45, 7) is 6.57. The van der Waals surface area contributed by atoms with Gasteiger partial charge in [0.2, 0.25) is 10.0 Å². The van der Waals surface area contributed by atoms with Crippen molar-refractivity contribution in [3.63, 3.8) is 0 Å². The monoisotopic (exact) mass is 391 g/mol. The fourth-order valence-electron chi connectivity index (χ4n) is 2.71. The second-order valence-corrected chi connectivity index (χ2v) is 8.33. The number of carbonyl (C=O) groups excluding carboxylic acids is 1. The zero-order chi connectivity index (χ0) is 20.0. The quantitative estimate of drug-likeness (QED) is 0.548. The lowest BCUT2D eigenvalue weighted by Crippen LogP contribution is -2.16. The van der Waals surface area contributed by atoms with Crippen molar-refractivity contribution in [2.45, 2.75) is 26.7 Å². The van der Waals surface area contributed by atoms with E-state index in [9.17, 15) is 13.2 Å². The second-order valence-electron chi connectivity index (χ2n) is 6.58. The van der Waals surface area contributed by atoms with Gasteiger partial charge in [0.15, 0.2) is 0 Å². The first-order valence-electron chi connectivity index (χ1n) is 8.64. The molecule has 0 fully saturated rings. The van der Waals surface area contributed by atoms with Gasteiger partial charge < -0.3 is 9.47 Å². The van der Waals surface area contributed by atoms with Crippen molar-refractivity contribution in [2.24, 2.45) is 0 Å². The second kappa shape index (κ2) is 8.90. The number of sulfonamides is 1. The van der Waals surface area contributed by atoms with E-state index in [1.54, 1.807) is 12.1 Å². The van der Waals surface area contributed by atoms with Crippen LogP contribution in [0.15, 0.2) is 42.5 Å². The van der Waals surface area contributed by atoms with Crippen molar-refractivity contribution >= 4 is 21.7 Å². The Morgan fingerprint density at radius 2 is 1.81 bits per heavy atom. The summed E-state index contributed by atoms with van der Waals surface area (Å²) in [5.41, 5.74) is 2.76. The summed E-state index contributed by atoms with van der Waals surface area (Å²) in [7, 11) is -3.49. The van der Waals surface area contributed by atoms with Crippen molar-refractivity contribution < 1.29 is 22.7 Å². The van der Waals surface area contributed by atoms with Crippen LogP contribution in [0.4, 0.5) is 5.69 Å². The van der Waals surface area contributed by atoms with Crippen molar-refractivity contribution in [2.75, 3.05) is 24.2 Å². The van der Waals surface area contributed by atoms with Crippen LogP contribution >= 0.6 is 0 Å². The highest BCUT2D eigenvalue weighted by molar-refractivity contribution is 7.92. The third-order valence-corrected chi connectivity index (χ3v) is 4.48. The Morgan fingerprint density at radius 3 is 2.44 bits per heavy atom. The Kier molecular flexibility index (Phi) is 6.85. The molecule has 0 saturated heterocycles. The molecule has 0 aliphatic rings. The van der Waals surface area contributed by atoms with Crippen LogP contribution in [0.25, 0.3) is 0 Å². The number of hydrogen-bond donors (Lipinski definition) is 1. The molecule has 2 aromatic carbocycles. The minimum Gasteiger partial charge on any atom is -0.490 e. The van der Waals surface area contributed by atoms with Crippen LogP contribution in [0.5, 0.6) is 5.75 Å². The molecular weight excluding hydrogens is 366 g/mol. The molecule has 0 atom stereocenters. The van der Waals surface area contributed by atoms with Crippen molar-refractivity contribution in [3.8, 4) is 5.75 Å².